The van der Waals surface area contributed by atoms with Crippen molar-refractivity contribution in [2.45, 2.75) is 57.9 Å². The second kappa shape index (κ2) is 9.58. The number of anilines is 1. The van der Waals surface area contributed by atoms with E-state index in [2.05, 4.69) is 58.7 Å². The van der Waals surface area contributed by atoms with Gasteiger partial charge in [-0.05, 0) is 49.5 Å². The molecule has 0 unspecified atom stereocenters. The number of amides is 1. The molecule has 1 aromatic carbocycles. The van der Waals surface area contributed by atoms with Crippen LogP contribution in [0.15, 0.2) is 39.9 Å². The van der Waals surface area contributed by atoms with Crippen LogP contribution in [0.25, 0.3) is 0 Å². The molecule has 4 N–H and O–H groups in total. The Morgan fingerprint density at radius 2 is 1.76 bits per heavy atom. The van der Waals surface area contributed by atoms with E-state index in [1.54, 1.807) is 0 Å². The molecule has 0 bridgehead atoms. The number of benzene rings is 1. The van der Waals surface area contributed by atoms with Crippen molar-refractivity contribution in [3.05, 3.63) is 62.4 Å². The summed E-state index contributed by atoms with van der Waals surface area (Å²) in [6.45, 7) is 4.71. The van der Waals surface area contributed by atoms with E-state index in [0.29, 0.717) is 18.4 Å². The molecular formula is C22H30N4O3. The quantitative estimate of drug-likeness (QED) is 0.575. The molecule has 0 atom stereocenters. The lowest BCUT2D eigenvalue weighted by molar-refractivity contribution is 0.0921. The van der Waals surface area contributed by atoms with E-state index in [9.17, 15) is 14.4 Å². The fourth-order valence-corrected chi connectivity index (χ4v) is 3.87. The molecule has 1 fully saturated rings. The number of nitrogens with one attached hydrogen (secondary N) is 4. The number of carbonyl (C=O) groups is 1. The molecule has 1 aliphatic carbocycles. The Balaban J connectivity index is 1.65. The molecule has 1 aliphatic rings. The monoisotopic (exact) mass is 398 g/mol. The van der Waals surface area contributed by atoms with Gasteiger partial charge in [-0.2, -0.15) is 0 Å². The largest absolute Gasteiger partial charge is 0.379 e. The highest BCUT2D eigenvalue weighted by atomic mass is 16.2. The molecule has 7 heteroatoms. The first kappa shape index (κ1) is 20.9. The highest BCUT2D eigenvalue weighted by molar-refractivity contribution is 5.97. The lowest BCUT2D eigenvalue weighted by Crippen LogP contribution is -2.40. The van der Waals surface area contributed by atoms with Crippen molar-refractivity contribution in [2.75, 3.05) is 11.9 Å². The summed E-state index contributed by atoms with van der Waals surface area (Å²) in [5, 5.41) is 6.01. The van der Waals surface area contributed by atoms with E-state index in [1.165, 1.54) is 5.56 Å². The van der Waals surface area contributed by atoms with Crippen molar-refractivity contribution in [1.29, 1.82) is 0 Å². The van der Waals surface area contributed by atoms with Crippen LogP contribution in [-0.4, -0.2) is 28.5 Å². The molecule has 3 rings (SSSR count). The second-order valence-corrected chi connectivity index (χ2v) is 8.20. The van der Waals surface area contributed by atoms with E-state index in [4.69, 9.17) is 0 Å². The maximum Gasteiger partial charge on any atom is 0.326 e. The van der Waals surface area contributed by atoms with Crippen LogP contribution in [0, 0.1) is 5.92 Å². The minimum atomic E-state index is -0.678. The minimum absolute atomic E-state index is 0.00712. The third kappa shape index (κ3) is 5.59. The number of aromatic nitrogens is 2. The predicted octanol–water partition coefficient (Wildman–Crippen LogP) is 2.98. The molecule has 0 aliphatic heterocycles. The van der Waals surface area contributed by atoms with Gasteiger partial charge in [0.15, 0.2) is 0 Å². The average Bonchev–Trinajstić information content (AvgIpc) is 2.70. The fourth-order valence-electron chi connectivity index (χ4n) is 3.87. The summed E-state index contributed by atoms with van der Waals surface area (Å²) in [5.74, 6) is 0.557. The Hall–Kier alpha value is -2.83. The average molecular weight is 399 g/mol. The van der Waals surface area contributed by atoms with Crippen LogP contribution in [0.5, 0.6) is 0 Å². The Labute approximate surface area is 170 Å². The van der Waals surface area contributed by atoms with Crippen molar-refractivity contribution in [2.24, 2.45) is 5.92 Å². The minimum Gasteiger partial charge on any atom is -0.379 e. The van der Waals surface area contributed by atoms with E-state index in [1.807, 2.05) is 6.07 Å². The number of hydrogen-bond donors (Lipinski definition) is 4. The lowest BCUT2D eigenvalue weighted by atomic mass is 9.82. The Kier molecular flexibility index (Phi) is 6.90. The molecule has 0 radical (unpaired) electrons. The van der Waals surface area contributed by atoms with Gasteiger partial charge < -0.3 is 15.6 Å². The molecule has 0 saturated heterocycles. The molecule has 2 aromatic rings. The Morgan fingerprint density at radius 3 is 2.41 bits per heavy atom. The van der Waals surface area contributed by atoms with Crippen LogP contribution in [-0.2, 0) is 0 Å². The fraction of sp³-hybridized carbons (Fsp3) is 0.500. The maximum atomic E-state index is 12.8. The first-order chi connectivity index (χ1) is 13.9. The van der Waals surface area contributed by atoms with Gasteiger partial charge in [-0.25, -0.2) is 4.79 Å². The highest BCUT2D eigenvalue weighted by Crippen LogP contribution is 2.32. The summed E-state index contributed by atoms with van der Waals surface area (Å²) < 4.78 is 0. The normalized spacial score (nSPS) is 19.1. The predicted molar refractivity (Wildman–Crippen MR) is 115 cm³/mol. The van der Waals surface area contributed by atoms with Gasteiger partial charge in [-0.3, -0.25) is 14.6 Å². The Morgan fingerprint density at radius 1 is 1.07 bits per heavy atom. The zero-order valence-electron chi connectivity index (χ0n) is 17.1. The van der Waals surface area contributed by atoms with E-state index in [0.717, 1.165) is 32.1 Å². The van der Waals surface area contributed by atoms with Crippen LogP contribution in [0.2, 0.25) is 0 Å². The van der Waals surface area contributed by atoms with Crippen LogP contribution >= 0.6 is 0 Å². The van der Waals surface area contributed by atoms with Crippen molar-refractivity contribution >= 4 is 11.6 Å². The standard InChI is InChI=1S/C22H30N4O3/c1-14(2)12-13-23-18-19(25-22(29)26-20(18)27)21(28)24-17-10-8-16(9-11-17)15-6-4-3-5-7-15/h3-7,14,16-17,23H,8-13H2,1-2H3,(H,24,28)(H2,25,26,27,29)/t16-,17+. The number of hydrogen-bond acceptors (Lipinski definition) is 4. The van der Waals surface area contributed by atoms with E-state index >= 15 is 0 Å². The van der Waals surface area contributed by atoms with E-state index < -0.39 is 17.2 Å². The van der Waals surface area contributed by atoms with Crippen LogP contribution in [0.3, 0.4) is 0 Å². The molecule has 1 amide bonds. The number of H-pyrrole nitrogens is 2. The molecule has 0 spiro atoms. The summed E-state index contributed by atoms with van der Waals surface area (Å²) in [5.41, 5.74) is 0.221. The van der Waals surface area contributed by atoms with Crippen molar-refractivity contribution in [1.82, 2.24) is 15.3 Å². The summed E-state index contributed by atoms with van der Waals surface area (Å²) in [6.07, 6.45) is 4.59. The molecule has 7 nitrogen and oxygen atoms in total. The Bertz CT molecular complexity index is 925. The molecular weight excluding hydrogens is 368 g/mol. The van der Waals surface area contributed by atoms with Gasteiger partial charge in [0, 0.05) is 12.6 Å². The van der Waals surface area contributed by atoms with Gasteiger partial charge in [-0.15, -0.1) is 0 Å². The van der Waals surface area contributed by atoms with Crippen LogP contribution in [0.1, 0.15) is 67.9 Å². The van der Waals surface area contributed by atoms with Gasteiger partial charge in [0.05, 0.1) is 0 Å². The molecule has 1 heterocycles. The third-order valence-corrected chi connectivity index (χ3v) is 5.53. The third-order valence-electron chi connectivity index (χ3n) is 5.53. The molecule has 1 aromatic heterocycles. The van der Waals surface area contributed by atoms with Crippen molar-refractivity contribution in [3.63, 3.8) is 0 Å². The summed E-state index contributed by atoms with van der Waals surface area (Å²) in [6, 6.07) is 10.5. The van der Waals surface area contributed by atoms with E-state index in [-0.39, 0.29) is 17.4 Å². The smallest absolute Gasteiger partial charge is 0.326 e. The van der Waals surface area contributed by atoms with Gasteiger partial charge in [0.2, 0.25) is 0 Å². The lowest BCUT2D eigenvalue weighted by Gasteiger charge is -2.29. The summed E-state index contributed by atoms with van der Waals surface area (Å²) in [7, 11) is 0. The SMILES string of the molecule is CC(C)CCNc1c(C(=O)N[C@H]2CC[C@@H](c3ccccc3)CC2)[nH]c(=O)[nH]c1=O. The topological polar surface area (TPSA) is 107 Å². The first-order valence-electron chi connectivity index (χ1n) is 10.4. The maximum absolute atomic E-state index is 12.8. The van der Waals surface area contributed by atoms with Gasteiger partial charge in [0.1, 0.15) is 11.4 Å². The molecule has 29 heavy (non-hydrogen) atoms. The second-order valence-electron chi connectivity index (χ2n) is 8.20. The zero-order chi connectivity index (χ0) is 20.8. The number of carbonyl (C=O) groups excluding carboxylic acids is 1. The first-order valence-corrected chi connectivity index (χ1v) is 10.4. The molecule has 156 valence electrons. The van der Waals surface area contributed by atoms with Crippen molar-refractivity contribution < 1.29 is 4.79 Å². The van der Waals surface area contributed by atoms with Crippen molar-refractivity contribution in [3.8, 4) is 0 Å². The van der Waals surface area contributed by atoms with Crippen LogP contribution in [0.4, 0.5) is 5.69 Å². The number of rotatable bonds is 7. The highest BCUT2D eigenvalue weighted by Gasteiger charge is 2.25. The molecule has 1 saturated carbocycles. The van der Waals surface area contributed by atoms with Crippen LogP contribution < -0.4 is 21.9 Å². The van der Waals surface area contributed by atoms with Gasteiger partial charge in [0.25, 0.3) is 11.5 Å². The zero-order valence-corrected chi connectivity index (χ0v) is 17.1. The van der Waals surface area contributed by atoms with Gasteiger partial charge >= 0.3 is 5.69 Å². The number of aromatic amines is 2. The summed E-state index contributed by atoms with van der Waals surface area (Å²) in [4.78, 5) is 41.4. The summed E-state index contributed by atoms with van der Waals surface area (Å²) >= 11 is 0. The van der Waals surface area contributed by atoms with Gasteiger partial charge in [-0.1, -0.05) is 44.2 Å².